The first-order valence-corrected chi connectivity index (χ1v) is 7.64. The molecule has 0 fully saturated rings. The molecule has 0 aliphatic heterocycles. The summed E-state index contributed by atoms with van der Waals surface area (Å²) in [5.74, 6) is 1.21. The van der Waals surface area contributed by atoms with Gasteiger partial charge in [-0.2, -0.15) is 4.98 Å². The van der Waals surface area contributed by atoms with Crippen LogP contribution in [0.25, 0.3) is 0 Å². The van der Waals surface area contributed by atoms with Crippen LogP contribution in [0.3, 0.4) is 0 Å². The zero-order valence-corrected chi connectivity index (χ0v) is 13.4. The highest BCUT2D eigenvalue weighted by Gasteiger charge is 2.08. The van der Waals surface area contributed by atoms with Gasteiger partial charge in [0, 0.05) is 37.5 Å². The van der Waals surface area contributed by atoms with Gasteiger partial charge < -0.3 is 10.2 Å². The van der Waals surface area contributed by atoms with E-state index < -0.39 is 0 Å². The fraction of sp³-hybridized carbons (Fsp3) is 0.412. The van der Waals surface area contributed by atoms with Crippen LogP contribution in [0.1, 0.15) is 31.0 Å². The maximum absolute atomic E-state index is 13.6. The van der Waals surface area contributed by atoms with Crippen molar-refractivity contribution in [2.24, 2.45) is 0 Å². The largest absolute Gasteiger partial charge is 0.366 e. The van der Waals surface area contributed by atoms with Gasteiger partial charge in [-0.05, 0) is 19.4 Å². The van der Waals surface area contributed by atoms with Gasteiger partial charge in [0.15, 0.2) is 0 Å². The molecule has 1 aromatic carbocycles. The molecule has 0 amide bonds. The minimum atomic E-state index is -0.207. The summed E-state index contributed by atoms with van der Waals surface area (Å²) in [4.78, 5) is 11.0. The Kier molecular flexibility index (Phi) is 5.69. The van der Waals surface area contributed by atoms with Gasteiger partial charge in [0.05, 0.1) is 0 Å². The van der Waals surface area contributed by atoms with E-state index in [0.717, 1.165) is 25.1 Å². The molecule has 5 heteroatoms. The number of hydrogen-bond acceptors (Lipinski definition) is 4. The SMILES string of the molecule is CCCCN(C)c1nc(C)cc(NCc2ccccc2F)n1. The third-order valence-corrected chi connectivity index (χ3v) is 3.45. The Hall–Kier alpha value is -2.17. The average molecular weight is 302 g/mol. The van der Waals surface area contributed by atoms with E-state index >= 15 is 0 Å². The average Bonchev–Trinajstić information content (AvgIpc) is 2.51. The van der Waals surface area contributed by atoms with Gasteiger partial charge in [-0.25, -0.2) is 9.37 Å². The van der Waals surface area contributed by atoms with Gasteiger partial charge in [-0.1, -0.05) is 31.5 Å². The van der Waals surface area contributed by atoms with Crippen LogP contribution in [0, 0.1) is 12.7 Å². The van der Waals surface area contributed by atoms with Gasteiger partial charge in [-0.3, -0.25) is 0 Å². The quantitative estimate of drug-likeness (QED) is 0.845. The molecule has 0 aliphatic carbocycles. The lowest BCUT2D eigenvalue weighted by atomic mass is 10.2. The monoisotopic (exact) mass is 302 g/mol. The second-order valence-corrected chi connectivity index (χ2v) is 5.41. The van der Waals surface area contributed by atoms with Crippen LogP contribution >= 0.6 is 0 Å². The first-order chi connectivity index (χ1) is 10.6. The molecule has 1 heterocycles. The number of aryl methyl sites for hydroxylation is 1. The Morgan fingerprint density at radius 3 is 2.73 bits per heavy atom. The van der Waals surface area contributed by atoms with Crippen LogP contribution in [-0.4, -0.2) is 23.6 Å². The van der Waals surface area contributed by atoms with Crippen molar-refractivity contribution in [3.63, 3.8) is 0 Å². The molecular weight excluding hydrogens is 279 g/mol. The van der Waals surface area contributed by atoms with Gasteiger partial charge >= 0.3 is 0 Å². The standard InChI is InChI=1S/C17H23FN4/c1-4-5-10-22(3)17-20-13(2)11-16(21-17)19-12-14-8-6-7-9-15(14)18/h6-9,11H,4-5,10,12H2,1-3H3,(H,19,20,21). The highest BCUT2D eigenvalue weighted by Crippen LogP contribution is 2.15. The van der Waals surface area contributed by atoms with E-state index in [1.165, 1.54) is 6.07 Å². The molecule has 0 radical (unpaired) electrons. The topological polar surface area (TPSA) is 41.1 Å². The van der Waals surface area contributed by atoms with Crippen molar-refractivity contribution in [2.45, 2.75) is 33.2 Å². The maximum atomic E-state index is 13.6. The number of hydrogen-bond donors (Lipinski definition) is 1. The smallest absolute Gasteiger partial charge is 0.227 e. The molecule has 0 saturated carbocycles. The lowest BCUT2D eigenvalue weighted by molar-refractivity contribution is 0.613. The minimum Gasteiger partial charge on any atom is -0.366 e. The molecular formula is C17H23FN4. The number of anilines is 2. The van der Waals surface area contributed by atoms with Crippen LogP contribution in [0.4, 0.5) is 16.2 Å². The first kappa shape index (κ1) is 16.2. The summed E-state index contributed by atoms with van der Waals surface area (Å²) in [7, 11) is 1.99. The third kappa shape index (κ3) is 4.41. The van der Waals surface area contributed by atoms with Crippen molar-refractivity contribution >= 4 is 11.8 Å². The van der Waals surface area contributed by atoms with Crippen LogP contribution in [0.2, 0.25) is 0 Å². The number of benzene rings is 1. The number of nitrogens with one attached hydrogen (secondary N) is 1. The molecule has 0 atom stereocenters. The Labute approximate surface area is 131 Å². The van der Waals surface area contributed by atoms with Crippen molar-refractivity contribution in [3.8, 4) is 0 Å². The number of rotatable bonds is 7. The summed E-state index contributed by atoms with van der Waals surface area (Å²) in [6.45, 7) is 5.42. The molecule has 0 bridgehead atoms. The van der Waals surface area contributed by atoms with Crippen molar-refractivity contribution in [2.75, 3.05) is 23.8 Å². The molecule has 0 spiro atoms. The fourth-order valence-corrected chi connectivity index (χ4v) is 2.14. The highest BCUT2D eigenvalue weighted by molar-refractivity contribution is 5.43. The van der Waals surface area contributed by atoms with Gasteiger partial charge in [-0.15, -0.1) is 0 Å². The van der Waals surface area contributed by atoms with Crippen LogP contribution in [0.5, 0.6) is 0 Å². The van der Waals surface area contributed by atoms with E-state index in [1.807, 2.05) is 31.0 Å². The summed E-state index contributed by atoms with van der Waals surface area (Å²) in [5.41, 5.74) is 1.52. The summed E-state index contributed by atoms with van der Waals surface area (Å²) in [5, 5.41) is 3.18. The van der Waals surface area contributed by atoms with Crippen molar-refractivity contribution < 1.29 is 4.39 Å². The van der Waals surface area contributed by atoms with E-state index in [9.17, 15) is 4.39 Å². The second kappa shape index (κ2) is 7.73. The summed E-state index contributed by atoms with van der Waals surface area (Å²) < 4.78 is 13.6. The molecule has 2 rings (SSSR count). The summed E-state index contributed by atoms with van der Waals surface area (Å²) in [6.07, 6.45) is 2.24. The van der Waals surface area contributed by atoms with Gasteiger partial charge in [0.2, 0.25) is 5.95 Å². The molecule has 0 saturated heterocycles. The molecule has 118 valence electrons. The molecule has 1 N–H and O–H groups in total. The molecule has 2 aromatic rings. The number of unbranched alkanes of at least 4 members (excludes halogenated alkanes) is 1. The predicted molar refractivity (Wildman–Crippen MR) is 88.7 cm³/mol. The maximum Gasteiger partial charge on any atom is 0.227 e. The Morgan fingerprint density at radius 2 is 2.00 bits per heavy atom. The van der Waals surface area contributed by atoms with Crippen molar-refractivity contribution in [1.82, 2.24) is 9.97 Å². The lowest BCUT2D eigenvalue weighted by Crippen LogP contribution is -2.21. The molecule has 4 nitrogen and oxygen atoms in total. The predicted octanol–water partition coefficient (Wildman–Crippen LogP) is 3.77. The lowest BCUT2D eigenvalue weighted by Gasteiger charge is -2.18. The van der Waals surface area contributed by atoms with E-state index in [4.69, 9.17) is 0 Å². The van der Waals surface area contributed by atoms with Crippen molar-refractivity contribution in [1.29, 1.82) is 0 Å². The highest BCUT2D eigenvalue weighted by atomic mass is 19.1. The van der Waals surface area contributed by atoms with Gasteiger partial charge in [0.25, 0.3) is 0 Å². The number of aromatic nitrogens is 2. The van der Waals surface area contributed by atoms with Crippen LogP contribution in [0.15, 0.2) is 30.3 Å². The summed E-state index contributed by atoms with van der Waals surface area (Å²) >= 11 is 0. The fourth-order valence-electron chi connectivity index (χ4n) is 2.14. The normalized spacial score (nSPS) is 10.5. The number of halogens is 1. The van der Waals surface area contributed by atoms with Gasteiger partial charge in [0.1, 0.15) is 11.6 Å². The van der Waals surface area contributed by atoms with E-state index in [-0.39, 0.29) is 5.82 Å². The van der Waals surface area contributed by atoms with Crippen molar-refractivity contribution in [3.05, 3.63) is 47.4 Å². The zero-order valence-electron chi connectivity index (χ0n) is 13.4. The Balaban J connectivity index is 2.08. The zero-order chi connectivity index (χ0) is 15.9. The number of nitrogens with zero attached hydrogens (tertiary/aromatic N) is 3. The van der Waals surface area contributed by atoms with Crippen LogP contribution < -0.4 is 10.2 Å². The van der Waals surface area contributed by atoms with E-state index in [1.54, 1.807) is 12.1 Å². The second-order valence-electron chi connectivity index (χ2n) is 5.41. The van der Waals surface area contributed by atoms with Crippen LogP contribution in [-0.2, 0) is 6.54 Å². The van der Waals surface area contributed by atoms with E-state index in [0.29, 0.717) is 23.9 Å². The first-order valence-electron chi connectivity index (χ1n) is 7.64. The molecule has 0 unspecified atom stereocenters. The third-order valence-electron chi connectivity index (χ3n) is 3.45. The summed E-state index contributed by atoms with van der Waals surface area (Å²) in [6, 6.07) is 8.62. The molecule has 0 aliphatic rings. The van der Waals surface area contributed by atoms with E-state index in [2.05, 4.69) is 22.2 Å². The molecule has 1 aromatic heterocycles. The molecule has 22 heavy (non-hydrogen) atoms. The Bertz CT molecular complexity index is 615. The minimum absolute atomic E-state index is 0.207. The Morgan fingerprint density at radius 1 is 1.23 bits per heavy atom.